The Labute approximate surface area is 107 Å². The van der Waals surface area contributed by atoms with Gasteiger partial charge in [0.2, 0.25) is 0 Å². The van der Waals surface area contributed by atoms with E-state index in [1.54, 1.807) is 0 Å². The molecule has 0 aliphatic heterocycles. The van der Waals surface area contributed by atoms with Crippen molar-refractivity contribution in [3.8, 4) is 0 Å². The molecule has 0 N–H and O–H groups in total. The number of rotatable bonds is 8. The molecule has 2 heteroatoms. The lowest BCUT2D eigenvalue weighted by atomic mass is 9.85. The minimum Gasteiger partial charge on any atom is -0.469 e. The number of methoxy groups -OCH3 is 1. The van der Waals surface area contributed by atoms with Gasteiger partial charge in [0, 0.05) is 0 Å². The molecule has 102 valence electrons. The number of hydrogen-bond donors (Lipinski definition) is 0. The van der Waals surface area contributed by atoms with Gasteiger partial charge in [-0.1, -0.05) is 41.0 Å². The van der Waals surface area contributed by atoms with Crippen molar-refractivity contribution in [2.24, 2.45) is 23.7 Å². The number of ether oxygens (including phenoxy) is 1. The second-order valence-corrected chi connectivity index (χ2v) is 5.86. The van der Waals surface area contributed by atoms with Crippen LogP contribution in [0.3, 0.4) is 0 Å². The zero-order valence-electron chi connectivity index (χ0n) is 12.5. The fourth-order valence-corrected chi connectivity index (χ4v) is 2.63. The standard InChI is InChI=1S/C15H30O2/c1-7-11(2)8-12(3)9-13(4)10-14(5)15(16)17-6/h11-14H,7-10H2,1-6H3. The van der Waals surface area contributed by atoms with Crippen LogP contribution in [0.1, 0.15) is 60.3 Å². The highest BCUT2D eigenvalue weighted by molar-refractivity contribution is 5.71. The minimum absolute atomic E-state index is 0.0331. The van der Waals surface area contributed by atoms with Gasteiger partial charge >= 0.3 is 5.97 Å². The lowest BCUT2D eigenvalue weighted by Crippen LogP contribution is -2.17. The van der Waals surface area contributed by atoms with Crippen LogP contribution in [-0.4, -0.2) is 13.1 Å². The van der Waals surface area contributed by atoms with Gasteiger partial charge in [-0.3, -0.25) is 4.79 Å². The van der Waals surface area contributed by atoms with Gasteiger partial charge in [0.05, 0.1) is 13.0 Å². The van der Waals surface area contributed by atoms with Gasteiger partial charge in [-0.2, -0.15) is 0 Å². The molecule has 0 aliphatic carbocycles. The SMILES string of the molecule is CCC(C)CC(C)CC(C)CC(C)C(=O)OC. The first-order chi connectivity index (χ1) is 7.90. The summed E-state index contributed by atoms with van der Waals surface area (Å²) in [6.07, 6.45) is 4.72. The van der Waals surface area contributed by atoms with Crippen LogP contribution in [0.4, 0.5) is 0 Å². The first kappa shape index (κ1) is 16.5. The second kappa shape index (κ2) is 8.54. The Morgan fingerprint density at radius 2 is 1.41 bits per heavy atom. The maximum atomic E-state index is 11.3. The zero-order chi connectivity index (χ0) is 13.4. The van der Waals surface area contributed by atoms with E-state index in [1.807, 2.05) is 6.92 Å². The van der Waals surface area contributed by atoms with Crippen molar-refractivity contribution in [1.29, 1.82) is 0 Å². The summed E-state index contributed by atoms with van der Waals surface area (Å²) in [6, 6.07) is 0. The molecular formula is C15H30O2. The molecule has 0 bridgehead atoms. The van der Waals surface area contributed by atoms with Crippen molar-refractivity contribution in [2.45, 2.75) is 60.3 Å². The molecule has 0 radical (unpaired) electrons. The molecule has 0 saturated heterocycles. The van der Waals surface area contributed by atoms with Crippen LogP contribution in [0.15, 0.2) is 0 Å². The van der Waals surface area contributed by atoms with E-state index in [0.717, 1.165) is 18.3 Å². The number of esters is 1. The van der Waals surface area contributed by atoms with Crippen molar-refractivity contribution in [2.75, 3.05) is 7.11 Å². The molecule has 0 aromatic rings. The maximum Gasteiger partial charge on any atom is 0.308 e. The van der Waals surface area contributed by atoms with Gasteiger partial charge in [0.15, 0.2) is 0 Å². The van der Waals surface area contributed by atoms with Crippen molar-refractivity contribution >= 4 is 5.97 Å². The van der Waals surface area contributed by atoms with Crippen LogP contribution in [0.5, 0.6) is 0 Å². The summed E-state index contributed by atoms with van der Waals surface area (Å²) in [7, 11) is 1.47. The normalized spacial score (nSPS) is 18.2. The van der Waals surface area contributed by atoms with E-state index in [1.165, 1.54) is 26.4 Å². The number of carbonyl (C=O) groups excluding carboxylic acids is 1. The number of carbonyl (C=O) groups is 1. The number of hydrogen-bond acceptors (Lipinski definition) is 2. The molecule has 0 saturated carbocycles. The van der Waals surface area contributed by atoms with Crippen LogP contribution in [-0.2, 0) is 9.53 Å². The molecule has 0 rings (SSSR count). The van der Waals surface area contributed by atoms with Crippen LogP contribution in [0.25, 0.3) is 0 Å². The first-order valence-corrected chi connectivity index (χ1v) is 6.98. The van der Waals surface area contributed by atoms with Crippen molar-refractivity contribution in [3.63, 3.8) is 0 Å². The van der Waals surface area contributed by atoms with Gasteiger partial charge < -0.3 is 4.74 Å². The molecular weight excluding hydrogens is 212 g/mol. The lowest BCUT2D eigenvalue weighted by Gasteiger charge is -2.21. The van der Waals surface area contributed by atoms with Crippen LogP contribution < -0.4 is 0 Å². The molecule has 0 fully saturated rings. The first-order valence-electron chi connectivity index (χ1n) is 6.98. The van der Waals surface area contributed by atoms with Gasteiger partial charge in [-0.25, -0.2) is 0 Å². The minimum atomic E-state index is -0.0774. The Hall–Kier alpha value is -0.530. The molecule has 4 atom stereocenters. The van der Waals surface area contributed by atoms with Crippen molar-refractivity contribution in [3.05, 3.63) is 0 Å². The maximum absolute atomic E-state index is 11.3. The average Bonchev–Trinajstić information content (AvgIpc) is 2.26. The molecule has 0 amide bonds. The molecule has 17 heavy (non-hydrogen) atoms. The zero-order valence-corrected chi connectivity index (χ0v) is 12.5. The van der Waals surface area contributed by atoms with Gasteiger partial charge in [-0.05, 0) is 37.0 Å². The fourth-order valence-electron chi connectivity index (χ4n) is 2.63. The molecule has 2 nitrogen and oxygen atoms in total. The highest BCUT2D eigenvalue weighted by Gasteiger charge is 2.18. The third-order valence-corrected chi connectivity index (χ3v) is 3.67. The van der Waals surface area contributed by atoms with E-state index in [0.29, 0.717) is 5.92 Å². The topological polar surface area (TPSA) is 26.3 Å². The summed E-state index contributed by atoms with van der Waals surface area (Å²) in [4.78, 5) is 11.3. The molecule has 4 unspecified atom stereocenters. The van der Waals surface area contributed by atoms with Gasteiger partial charge in [0.25, 0.3) is 0 Å². The van der Waals surface area contributed by atoms with E-state index in [9.17, 15) is 4.79 Å². The van der Waals surface area contributed by atoms with E-state index in [4.69, 9.17) is 4.74 Å². The Morgan fingerprint density at radius 3 is 1.88 bits per heavy atom. The Morgan fingerprint density at radius 1 is 0.941 bits per heavy atom. The summed E-state index contributed by atoms with van der Waals surface area (Å²) in [5.74, 6) is 2.13. The quantitative estimate of drug-likeness (QED) is 0.594. The third kappa shape index (κ3) is 7.40. The Kier molecular flexibility index (Phi) is 8.28. The summed E-state index contributed by atoms with van der Waals surface area (Å²) >= 11 is 0. The molecule has 0 aromatic heterocycles. The predicted octanol–water partition coefficient (Wildman–Crippen LogP) is 4.28. The Balaban J connectivity index is 3.92. The van der Waals surface area contributed by atoms with E-state index >= 15 is 0 Å². The van der Waals surface area contributed by atoms with Gasteiger partial charge in [0.1, 0.15) is 0 Å². The summed E-state index contributed by atoms with van der Waals surface area (Å²) in [5.41, 5.74) is 0. The molecule has 0 aromatic carbocycles. The van der Waals surface area contributed by atoms with Crippen LogP contribution >= 0.6 is 0 Å². The smallest absolute Gasteiger partial charge is 0.308 e. The third-order valence-electron chi connectivity index (χ3n) is 3.67. The Bertz CT molecular complexity index is 213. The van der Waals surface area contributed by atoms with E-state index in [2.05, 4.69) is 27.7 Å². The van der Waals surface area contributed by atoms with Crippen molar-refractivity contribution < 1.29 is 9.53 Å². The highest BCUT2D eigenvalue weighted by Crippen LogP contribution is 2.25. The van der Waals surface area contributed by atoms with Crippen LogP contribution in [0, 0.1) is 23.7 Å². The van der Waals surface area contributed by atoms with Gasteiger partial charge in [-0.15, -0.1) is 0 Å². The summed E-state index contributed by atoms with van der Waals surface area (Å²) in [5, 5.41) is 0. The van der Waals surface area contributed by atoms with E-state index < -0.39 is 0 Å². The predicted molar refractivity (Wildman–Crippen MR) is 72.8 cm³/mol. The summed E-state index contributed by atoms with van der Waals surface area (Å²) in [6.45, 7) is 11.1. The van der Waals surface area contributed by atoms with Crippen molar-refractivity contribution in [1.82, 2.24) is 0 Å². The molecule has 0 heterocycles. The molecule has 0 spiro atoms. The lowest BCUT2D eigenvalue weighted by molar-refractivity contribution is -0.145. The van der Waals surface area contributed by atoms with Crippen LogP contribution in [0.2, 0.25) is 0 Å². The average molecular weight is 242 g/mol. The molecule has 0 aliphatic rings. The second-order valence-electron chi connectivity index (χ2n) is 5.86. The fraction of sp³-hybridized carbons (Fsp3) is 0.933. The van der Waals surface area contributed by atoms with E-state index in [-0.39, 0.29) is 11.9 Å². The largest absolute Gasteiger partial charge is 0.469 e. The highest BCUT2D eigenvalue weighted by atomic mass is 16.5. The summed E-state index contributed by atoms with van der Waals surface area (Å²) < 4.78 is 4.76. The monoisotopic (exact) mass is 242 g/mol.